The largest absolute Gasteiger partial charge is 0.467 e. The number of carbonyl (C=O) groups is 3. The van der Waals surface area contributed by atoms with Crippen LogP contribution in [0.2, 0.25) is 5.02 Å². The van der Waals surface area contributed by atoms with Crippen molar-refractivity contribution < 1.29 is 33.3 Å². The summed E-state index contributed by atoms with van der Waals surface area (Å²) >= 11 is 6.03. The number of halogens is 1. The highest BCUT2D eigenvalue weighted by molar-refractivity contribution is 6.31. The Labute approximate surface area is 162 Å². The second kappa shape index (κ2) is 9.05. The lowest BCUT2D eigenvalue weighted by Gasteiger charge is -2.34. The van der Waals surface area contributed by atoms with E-state index in [1.54, 1.807) is 25.2 Å². The van der Waals surface area contributed by atoms with Gasteiger partial charge in [-0.1, -0.05) is 11.6 Å². The first-order valence-corrected chi connectivity index (χ1v) is 8.70. The van der Waals surface area contributed by atoms with Crippen molar-refractivity contribution in [2.75, 3.05) is 19.1 Å². The third-order valence-electron chi connectivity index (χ3n) is 4.06. The lowest BCUT2D eigenvalue weighted by Crippen LogP contribution is -2.44. The standard InChI is InChI=1S/C18H22ClNO7/c1-10(21)20(3)14-7-12(19)5-6-15(14)26-17-9-13(25-11(2)22)8-16(27-17)18(23)24-4/h5-7,13,16-17H,8-9H2,1-4H3. The highest BCUT2D eigenvalue weighted by Crippen LogP contribution is 2.34. The van der Waals surface area contributed by atoms with Crippen molar-refractivity contribution >= 4 is 35.1 Å². The molecule has 0 aliphatic carbocycles. The molecular weight excluding hydrogens is 378 g/mol. The molecule has 1 aromatic rings. The van der Waals surface area contributed by atoms with E-state index in [1.807, 2.05) is 0 Å². The SMILES string of the molecule is COC(=O)C1CC(OC(C)=O)CC(Oc2ccc(Cl)cc2N(C)C(C)=O)O1. The molecule has 1 fully saturated rings. The van der Waals surface area contributed by atoms with Gasteiger partial charge in [0.25, 0.3) is 0 Å². The molecule has 1 saturated heterocycles. The number of methoxy groups -OCH3 is 1. The lowest BCUT2D eigenvalue weighted by atomic mass is 10.0. The normalized spacial score (nSPS) is 21.9. The topological polar surface area (TPSA) is 91.4 Å². The van der Waals surface area contributed by atoms with Gasteiger partial charge in [0.1, 0.15) is 11.9 Å². The maximum atomic E-state index is 11.9. The third kappa shape index (κ3) is 5.58. The highest BCUT2D eigenvalue weighted by atomic mass is 35.5. The van der Waals surface area contributed by atoms with Crippen LogP contribution in [-0.2, 0) is 28.6 Å². The Kier molecular flexibility index (Phi) is 7.04. The molecule has 0 N–H and O–H groups in total. The van der Waals surface area contributed by atoms with Gasteiger partial charge < -0.3 is 23.8 Å². The van der Waals surface area contributed by atoms with Crippen LogP contribution in [0.4, 0.5) is 5.69 Å². The number of benzene rings is 1. The number of hydrogen-bond acceptors (Lipinski definition) is 7. The third-order valence-corrected chi connectivity index (χ3v) is 4.29. The van der Waals surface area contributed by atoms with Crippen molar-refractivity contribution in [3.63, 3.8) is 0 Å². The molecule has 9 heteroatoms. The van der Waals surface area contributed by atoms with Crippen LogP contribution in [0.15, 0.2) is 18.2 Å². The smallest absolute Gasteiger partial charge is 0.335 e. The fourth-order valence-electron chi connectivity index (χ4n) is 2.70. The quantitative estimate of drug-likeness (QED) is 0.701. The average Bonchev–Trinajstić information content (AvgIpc) is 2.61. The number of esters is 2. The van der Waals surface area contributed by atoms with E-state index in [1.165, 1.54) is 25.9 Å². The Balaban J connectivity index is 2.24. The van der Waals surface area contributed by atoms with E-state index in [9.17, 15) is 14.4 Å². The Hall–Kier alpha value is -2.32. The van der Waals surface area contributed by atoms with Gasteiger partial charge in [-0.05, 0) is 18.2 Å². The molecule has 0 radical (unpaired) electrons. The molecule has 27 heavy (non-hydrogen) atoms. The molecule has 1 aliphatic heterocycles. The van der Waals surface area contributed by atoms with Gasteiger partial charge >= 0.3 is 11.9 Å². The Morgan fingerprint density at radius 2 is 1.93 bits per heavy atom. The molecule has 3 atom stereocenters. The highest BCUT2D eigenvalue weighted by Gasteiger charge is 2.37. The minimum Gasteiger partial charge on any atom is -0.467 e. The van der Waals surface area contributed by atoms with Gasteiger partial charge in [0, 0.05) is 38.8 Å². The van der Waals surface area contributed by atoms with E-state index in [2.05, 4.69) is 0 Å². The van der Waals surface area contributed by atoms with Crippen LogP contribution in [0.25, 0.3) is 0 Å². The van der Waals surface area contributed by atoms with E-state index in [0.29, 0.717) is 16.5 Å². The molecule has 3 unspecified atom stereocenters. The van der Waals surface area contributed by atoms with E-state index in [4.69, 9.17) is 30.5 Å². The average molecular weight is 400 g/mol. The Bertz CT molecular complexity index is 724. The van der Waals surface area contributed by atoms with Crippen LogP contribution in [-0.4, -0.2) is 50.5 Å². The van der Waals surface area contributed by atoms with Gasteiger partial charge in [-0.25, -0.2) is 4.79 Å². The predicted octanol–water partition coefficient (Wildman–Crippen LogP) is 2.31. The summed E-state index contributed by atoms with van der Waals surface area (Å²) in [7, 11) is 2.83. The number of hydrogen-bond donors (Lipinski definition) is 0. The van der Waals surface area contributed by atoms with Gasteiger partial charge in [-0.15, -0.1) is 0 Å². The summed E-state index contributed by atoms with van der Waals surface area (Å²) in [6.45, 7) is 2.70. The molecule has 1 heterocycles. The van der Waals surface area contributed by atoms with Gasteiger partial charge in [-0.2, -0.15) is 0 Å². The summed E-state index contributed by atoms with van der Waals surface area (Å²) in [5, 5.41) is 0.431. The van der Waals surface area contributed by atoms with E-state index in [-0.39, 0.29) is 18.7 Å². The number of nitrogens with zero attached hydrogens (tertiary/aromatic N) is 1. The zero-order valence-electron chi connectivity index (χ0n) is 15.6. The molecule has 0 aromatic heterocycles. The second-order valence-corrected chi connectivity index (χ2v) is 6.52. The molecule has 1 aromatic carbocycles. The lowest BCUT2D eigenvalue weighted by molar-refractivity contribution is -0.204. The first-order valence-electron chi connectivity index (χ1n) is 8.32. The molecule has 148 valence electrons. The van der Waals surface area contributed by atoms with Gasteiger partial charge in [-0.3, -0.25) is 9.59 Å². The number of anilines is 1. The van der Waals surface area contributed by atoms with Crippen LogP contribution in [0, 0.1) is 0 Å². The summed E-state index contributed by atoms with van der Waals surface area (Å²) in [5.74, 6) is -0.920. The first-order chi connectivity index (χ1) is 12.7. The summed E-state index contributed by atoms with van der Waals surface area (Å²) < 4.78 is 21.5. The first kappa shape index (κ1) is 21.0. The number of amides is 1. The molecular formula is C18H22ClNO7. The van der Waals surface area contributed by atoms with Crippen LogP contribution in [0.5, 0.6) is 5.75 Å². The van der Waals surface area contributed by atoms with Gasteiger partial charge in [0.05, 0.1) is 12.8 Å². The van der Waals surface area contributed by atoms with Gasteiger partial charge in [0.15, 0.2) is 6.10 Å². The maximum Gasteiger partial charge on any atom is 0.335 e. The molecule has 1 amide bonds. The van der Waals surface area contributed by atoms with Crippen molar-refractivity contribution in [2.24, 2.45) is 0 Å². The zero-order valence-corrected chi connectivity index (χ0v) is 16.3. The molecule has 0 spiro atoms. The van der Waals surface area contributed by atoms with Crippen molar-refractivity contribution in [1.29, 1.82) is 0 Å². The van der Waals surface area contributed by atoms with Crippen molar-refractivity contribution in [3.05, 3.63) is 23.2 Å². The maximum absolute atomic E-state index is 11.9. The number of carbonyl (C=O) groups excluding carboxylic acids is 3. The number of ether oxygens (including phenoxy) is 4. The van der Waals surface area contributed by atoms with E-state index >= 15 is 0 Å². The van der Waals surface area contributed by atoms with Crippen LogP contribution >= 0.6 is 11.6 Å². The predicted molar refractivity (Wildman–Crippen MR) is 96.6 cm³/mol. The Morgan fingerprint density at radius 3 is 2.52 bits per heavy atom. The zero-order chi connectivity index (χ0) is 20.1. The summed E-state index contributed by atoms with van der Waals surface area (Å²) in [6.07, 6.45) is -1.98. The molecule has 2 rings (SSSR count). The van der Waals surface area contributed by atoms with Crippen LogP contribution in [0.3, 0.4) is 0 Å². The summed E-state index contributed by atoms with van der Waals surface area (Å²) in [4.78, 5) is 36.3. The Morgan fingerprint density at radius 1 is 1.22 bits per heavy atom. The molecule has 8 nitrogen and oxygen atoms in total. The minimum absolute atomic E-state index is 0.174. The molecule has 0 saturated carbocycles. The summed E-state index contributed by atoms with van der Waals surface area (Å²) in [5.41, 5.74) is 0.447. The van der Waals surface area contributed by atoms with Gasteiger partial charge in [0.2, 0.25) is 12.2 Å². The number of rotatable bonds is 5. The fourth-order valence-corrected chi connectivity index (χ4v) is 2.86. The monoisotopic (exact) mass is 399 g/mol. The van der Waals surface area contributed by atoms with Crippen LogP contribution < -0.4 is 9.64 Å². The van der Waals surface area contributed by atoms with E-state index < -0.39 is 30.4 Å². The fraction of sp³-hybridized carbons (Fsp3) is 0.500. The van der Waals surface area contributed by atoms with Crippen LogP contribution in [0.1, 0.15) is 26.7 Å². The second-order valence-electron chi connectivity index (χ2n) is 6.09. The minimum atomic E-state index is -0.931. The van der Waals surface area contributed by atoms with Crippen molar-refractivity contribution in [1.82, 2.24) is 0 Å². The molecule has 0 bridgehead atoms. The van der Waals surface area contributed by atoms with E-state index in [0.717, 1.165) is 0 Å². The molecule has 1 aliphatic rings. The summed E-state index contributed by atoms with van der Waals surface area (Å²) in [6, 6.07) is 4.80. The van der Waals surface area contributed by atoms with Crippen molar-refractivity contribution in [3.8, 4) is 5.75 Å². The van der Waals surface area contributed by atoms with Crippen molar-refractivity contribution in [2.45, 2.75) is 45.2 Å².